The van der Waals surface area contributed by atoms with E-state index in [0.717, 1.165) is 21.6 Å². The normalized spacial score (nSPS) is 23.4. The van der Waals surface area contributed by atoms with E-state index in [4.69, 9.17) is 0 Å². The largest absolute Gasteiger partial charge is 0.371 e. The predicted molar refractivity (Wildman–Crippen MR) is 78.7 cm³/mol. The van der Waals surface area contributed by atoms with Crippen LogP contribution in [-0.4, -0.2) is 13.1 Å². The van der Waals surface area contributed by atoms with Crippen molar-refractivity contribution in [1.29, 1.82) is 5.26 Å². The molecule has 1 aliphatic carbocycles. The second-order valence-corrected chi connectivity index (χ2v) is 6.21. The Balaban J connectivity index is 2.20. The van der Waals surface area contributed by atoms with Gasteiger partial charge in [-0.1, -0.05) is 22.9 Å². The molecule has 1 fully saturated rings. The van der Waals surface area contributed by atoms with Gasteiger partial charge in [0.05, 0.1) is 11.3 Å². The summed E-state index contributed by atoms with van der Waals surface area (Å²) in [5.74, 6) is 0.854. The van der Waals surface area contributed by atoms with Crippen LogP contribution in [0.1, 0.15) is 38.2 Å². The minimum Gasteiger partial charge on any atom is -0.371 e. The zero-order chi connectivity index (χ0) is 13.1. The minimum atomic E-state index is 0.572. The van der Waals surface area contributed by atoms with Crippen LogP contribution in [0.25, 0.3) is 0 Å². The fraction of sp³-hybridized carbons (Fsp3) is 0.533. The lowest BCUT2D eigenvalue weighted by Gasteiger charge is -2.35. The van der Waals surface area contributed by atoms with Crippen LogP contribution in [0.4, 0.5) is 5.69 Å². The highest BCUT2D eigenvalue weighted by molar-refractivity contribution is 9.10. The standard InChI is InChI=1S/C15H19BrN2/c1-11-3-7-14(8-4-11)18(2)15-9-13(16)6-5-12(15)10-17/h5-6,9,11,14H,3-4,7-8H2,1-2H3. The number of hydrogen-bond donors (Lipinski definition) is 0. The average Bonchev–Trinajstić information content (AvgIpc) is 2.39. The van der Waals surface area contributed by atoms with Crippen molar-refractivity contribution in [2.75, 3.05) is 11.9 Å². The summed E-state index contributed by atoms with van der Waals surface area (Å²) in [6.45, 7) is 2.33. The molecular formula is C15H19BrN2. The lowest BCUT2D eigenvalue weighted by molar-refractivity contribution is 0.340. The van der Waals surface area contributed by atoms with Crippen LogP contribution in [-0.2, 0) is 0 Å². The smallest absolute Gasteiger partial charge is 0.101 e. The topological polar surface area (TPSA) is 27.0 Å². The van der Waals surface area contributed by atoms with Gasteiger partial charge < -0.3 is 4.90 Å². The highest BCUT2D eigenvalue weighted by Gasteiger charge is 2.23. The van der Waals surface area contributed by atoms with Gasteiger partial charge in [0.15, 0.2) is 0 Å². The predicted octanol–water partition coefficient (Wildman–Crippen LogP) is 4.34. The number of nitrogens with zero attached hydrogens (tertiary/aromatic N) is 2. The molecule has 1 aromatic carbocycles. The third-order valence-corrected chi connectivity index (χ3v) is 4.49. The molecule has 96 valence electrons. The van der Waals surface area contributed by atoms with Gasteiger partial charge in [-0.3, -0.25) is 0 Å². The number of anilines is 1. The fourth-order valence-corrected chi connectivity index (χ4v) is 3.07. The Kier molecular flexibility index (Phi) is 4.29. The van der Waals surface area contributed by atoms with Gasteiger partial charge in [-0.15, -0.1) is 0 Å². The summed E-state index contributed by atoms with van der Waals surface area (Å²) >= 11 is 3.49. The molecule has 0 heterocycles. The number of rotatable bonds is 2. The van der Waals surface area contributed by atoms with Crippen LogP contribution < -0.4 is 4.90 Å². The van der Waals surface area contributed by atoms with Gasteiger partial charge in [-0.2, -0.15) is 5.26 Å². The first-order valence-electron chi connectivity index (χ1n) is 6.54. The summed E-state index contributed by atoms with van der Waals surface area (Å²) in [4.78, 5) is 2.29. The minimum absolute atomic E-state index is 0.572. The van der Waals surface area contributed by atoms with Gasteiger partial charge in [0.25, 0.3) is 0 Å². The Hall–Kier alpha value is -1.01. The van der Waals surface area contributed by atoms with Crippen molar-refractivity contribution < 1.29 is 0 Å². The molecule has 18 heavy (non-hydrogen) atoms. The summed E-state index contributed by atoms with van der Waals surface area (Å²) in [5, 5.41) is 9.21. The van der Waals surface area contributed by atoms with Crippen LogP contribution in [0.5, 0.6) is 0 Å². The Morgan fingerprint density at radius 2 is 1.94 bits per heavy atom. The average molecular weight is 307 g/mol. The van der Waals surface area contributed by atoms with E-state index in [-0.39, 0.29) is 0 Å². The van der Waals surface area contributed by atoms with E-state index in [1.807, 2.05) is 12.1 Å². The van der Waals surface area contributed by atoms with Crippen LogP contribution in [0, 0.1) is 17.2 Å². The maximum absolute atomic E-state index is 9.21. The third kappa shape index (κ3) is 2.87. The molecule has 3 heteroatoms. The molecule has 0 N–H and O–H groups in total. The van der Waals surface area contributed by atoms with Crippen molar-refractivity contribution in [2.24, 2.45) is 5.92 Å². The van der Waals surface area contributed by atoms with Crippen LogP contribution >= 0.6 is 15.9 Å². The fourth-order valence-electron chi connectivity index (χ4n) is 2.72. The quantitative estimate of drug-likeness (QED) is 0.813. The maximum atomic E-state index is 9.21. The Morgan fingerprint density at radius 3 is 2.56 bits per heavy atom. The van der Waals surface area contributed by atoms with Crippen molar-refractivity contribution in [3.05, 3.63) is 28.2 Å². The van der Waals surface area contributed by atoms with Gasteiger partial charge in [0, 0.05) is 17.6 Å². The lowest BCUT2D eigenvalue weighted by Crippen LogP contribution is -2.35. The second-order valence-electron chi connectivity index (χ2n) is 5.30. The molecule has 0 amide bonds. The molecule has 1 aliphatic rings. The van der Waals surface area contributed by atoms with E-state index in [1.54, 1.807) is 0 Å². The monoisotopic (exact) mass is 306 g/mol. The molecule has 1 saturated carbocycles. The van der Waals surface area contributed by atoms with E-state index >= 15 is 0 Å². The molecule has 0 unspecified atom stereocenters. The lowest BCUT2D eigenvalue weighted by atomic mass is 9.86. The van der Waals surface area contributed by atoms with Gasteiger partial charge in [-0.05, 0) is 49.8 Å². The SMILES string of the molecule is CC1CCC(N(C)c2cc(Br)ccc2C#N)CC1. The van der Waals surface area contributed by atoms with Crippen LogP contribution in [0.2, 0.25) is 0 Å². The van der Waals surface area contributed by atoms with E-state index in [2.05, 4.69) is 46.9 Å². The maximum Gasteiger partial charge on any atom is 0.101 e. The molecule has 1 aromatic rings. The highest BCUT2D eigenvalue weighted by atomic mass is 79.9. The van der Waals surface area contributed by atoms with Gasteiger partial charge in [0.1, 0.15) is 6.07 Å². The van der Waals surface area contributed by atoms with Crippen molar-refractivity contribution in [2.45, 2.75) is 38.6 Å². The molecule has 0 aliphatic heterocycles. The summed E-state index contributed by atoms with van der Waals surface area (Å²) in [6.07, 6.45) is 5.06. The molecule has 0 radical (unpaired) electrons. The highest BCUT2D eigenvalue weighted by Crippen LogP contribution is 2.32. The van der Waals surface area contributed by atoms with Crippen molar-refractivity contribution in [3.63, 3.8) is 0 Å². The first-order valence-corrected chi connectivity index (χ1v) is 7.33. The summed E-state index contributed by atoms with van der Waals surface area (Å²) < 4.78 is 1.03. The van der Waals surface area contributed by atoms with E-state index in [0.29, 0.717) is 6.04 Å². The Labute approximate surface area is 118 Å². The molecule has 2 nitrogen and oxygen atoms in total. The van der Waals surface area contributed by atoms with E-state index in [1.165, 1.54) is 25.7 Å². The van der Waals surface area contributed by atoms with Crippen LogP contribution in [0.3, 0.4) is 0 Å². The number of halogens is 1. The van der Waals surface area contributed by atoms with Gasteiger partial charge in [-0.25, -0.2) is 0 Å². The zero-order valence-corrected chi connectivity index (χ0v) is 12.6. The van der Waals surface area contributed by atoms with Crippen molar-refractivity contribution >= 4 is 21.6 Å². The first kappa shape index (κ1) is 13.4. The van der Waals surface area contributed by atoms with Crippen molar-refractivity contribution in [1.82, 2.24) is 0 Å². The second kappa shape index (κ2) is 5.75. The summed E-state index contributed by atoms with van der Waals surface area (Å²) in [6, 6.07) is 8.73. The third-order valence-electron chi connectivity index (χ3n) is 3.99. The van der Waals surface area contributed by atoms with E-state index in [9.17, 15) is 5.26 Å². The van der Waals surface area contributed by atoms with Crippen molar-refractivity contribution in [3.8, 4) is 6.07 Å². The molecule has 0 bridgehead atoms. The first-order chi connectivity index (χ1) is 8.61. The van der Waals surface area contributed by atoms with Gasteiger partial charge >= 0.3 is 0 Å². The van der Waals surface area contributed by atoms with E-state index < -0.39 is 0 Å². The number of benzene rings is 1. The molecule has 0 atom stereocenters. The zero-order valence-electron chi connectivity index (χ0n) is 11.0. The van der Waals surface area contributed by atoms with Gasteiger partial charge in [0.2, 0.25) is 0 Å². The molecule has 0 aromatic heterocycles. The Morgan fingerprint density at radius 1 is 1.28 bits per heavy atom. The Bertz CT molecular complexity index is 456. The molecule has 0 spiro atoms. The molecular weight excluding hydrogens is 288 g/mol. The number of nitriles is 1. The number of hydrogen-bond acceptors (Lipinski definition) is 2. The van der Waals surface area contributed by atoms with Crippen LogP contribution in [0.15, 0.2) is 22.7 Å². The summed E-state index contributed by atoms with van der Waals surface area (Å²) in [5.41, 5.74) is 1.81. The molecule has 2 rings (SSSR count). The molecule has 0 saturated heterocycles. The summed E-state index contributed by atoms with van der Waals surface area (Å²) in [7, 11) is 2.11.